The first-order chi connectivity index (χ1) is 9.52. The summed E-state index contributed by atoms with van der Waals surface area (Å²) in [5, 5.41) is 14.4. The maximum absolute atomic E-state index is 11.7. The molecular formula is C14H27N3O3. The van der Waals surface area contributed by atoms with Gasteiger partial charge in [0.25, 0.3) is 0 Å². The summed E-state index contributed by atoms with van der Waals surface area (Å²) in [5.74, 6) is -0.510. The quantitative estimate of drug-likeness (QED) is 0.658. The van der Waals surface area contributed by atoms with Gasteiger partial charge in [0, 0.05) is 13.1 Å². The number of carbonyl (C=O) groups is 2. The van der Waals surface area contributed by atoms with Gasteiger partial charge in [-0.25, -0.2) is 9.59 Å². The number of rotatable bonds is 7. The molecule has 1 unspecified atom stereocenters. The maximum Gasteiger partial charge on any atom is 0.326 e. The topological polar surface area (TPSA) is 81.7 Å². The average Bonchev–Trinajstić information content (AvgIpc) is 2.41. The van der Waals surface area contributed by atoms with E-state index < -0.39 is 12.0 Å². The fraction of sp³-hybridized carbons (Fsp3) is 0.857. The van der Waals surface area contributed by atoms with E-state index in [0.29, 0.717) is 18.9 Å². The number of piperidine rings is 1. The van der Waals surface area contributed by atoms with E-state index in [9.17, 15) is 9.59 Å². The molecule has 2 amide bonds. The smallest absolute Gasteiger partial charge is 0.326 e. The highest BCUT2D eigenvalue weighted by atomic mass is 16.4. The highest BCUT2D eigenvalue weighted by Crippen LogP contribution is 2.13. The van der Waals surface area contributed by atoms with Crippen LogP contribution in [0.5, 0.6) is 0 Å². The minimum atomic E-state index is -0.967. The molecule has 0 spiro atoms. The van der Waals surface area contributed by atoms with Crippen molar-refractivity contribution in [3.63, 3.8) is 0 Å². The number of unbranched alkanes of at least 4 members (excludes halogenated alkanes) is 1. The second-order valence-electron chi connectivity index (χ2n) is 5.66. The minimum absolute atomic E-state index is 0.373. The number of hydrogen-bond donors (Lipinski definition) is 3. The van der Waals surface area contributed by atoms with Gasteiger partial charge < -0.3 is 20.6 Å². The number of amides is 2. The molecule has 2 atom stereocenters. The van der Waals surface area contributed by atoms with Gasteiger partial charge in [0.15, 0.2) is 0 Å². The average molecular weight is 285 g/mol. The van der Waals surface area contributed by atoms with Crippen LogP contribution in [0.2, 0.25) is 0 Å². The third kappa shape index (κ3) is 6.23. The Kier molecular flexibility index (Phi) is 7.36. The predicted molar refractivity (Wildman–Crippen MR) is 77.7 cm³/mol. The lowest BCUT2D eigenvalue weighted by molar-refractivity contribution is -0.139. The number of likely N-dealkylation sites (tertiary alicyclic amines) is 1. The Hall–Kier alpha value is -1.30. The fourth-order valence-corrected chi connectivity index (χ4v) is 2.55. The predicted octanol–water partition coefficient (Wildman–Crippen LogP) is 1.27. The molecule has 0 radical (unpaired) electrons. The van der Waals surface area contributed by atoms with Crippen molar-refractivity contribution in [3.8, 4) is 0 Å². The molecule has 1 aliphatic heterocycles. The molecule has 1 saturated heterocycles. The van der Waals surface area contributed by atoms with Gasteiger partial charge in [0.1, 0.15) is 6.04 Å². The molecule has 0 aromatic rings. The molecule has 0 aromatic heterocycles. The molecule has 1 fully saturated rings. The number of aliphatic carboxylic acids is 1. The molecule has 0 bridgehead atoms. The van der Waals surface area contributed by atoms with Crippen LogP contribution < -0.4 is 10.6 Å². The van der Waals surface area contributed by atoms with Crippen molar-refractivity contribution < 1.29 is 14.7 Å². The molecule has 20 heavy (non-hydrogen) atoms. The summed E-state index contributed by atoms with van der Waals surface area (Å²) in [4.78, 5) is 25.0. The normalized spacial score (nSPS) is 21.2. The lowest BCUT2D eigenvalue weighted by Crippen LogP contribution is -2.48. The summed E-state index contributed by atoms with van der Waals surface area (Å²) in [6.45, 7) is 4.70. The Balaban J connectivity index is 2.28. The number of carboxylic acids is 1. The Bertz CT molecular complexity index is 323. The van der Waals surface area contributed by atoms with Gasteiger partial charge in [0.2, 0.25) is 0 Å². The second kappa shape index (κ2) is 8.79. The number of carbonyl (C=O) groups excluding carboxylic acids is 1. The molecule has 0 aromatic carbocycles. The van der Waals surface area contributed by atoms with Crippen molar-refractivity contribution in [1.29, 1.82) is 0 Å². The number of nitrogens with zero attached hydrogens (tertiary/aromatic N) is 1. The summed E-state index contributed by atoms with van der Waals surface area (Å²) < 4.78 is 0. The monoisotopic (exact) mass is 285 g/mol. The Labute approximate surface area is 120 Å². The first-order valence-corrected chi connectivity index (χ1v) is 7.48. The van der Waals surface area contributed by atoms with E-state index in [2.05, 4.69) is 22.6 Å². The van der Waals surface area contributed by atoms with E-state index in [1.165, 1.54) is 0 Å². The third-order valence-corrected chi connectivity index (χ3v) is 3.72. The number of urea groups is 1. The zero-order valence-electron chi connectivity index (χ0n) is 12.5. The van der Waals surface area contributed by atoms with Crippen LogP contribution in [-0.4, -0.2) is 54.7 Å². The zero-order chi connectivity index (χ0) is 15.0. The molecular weight excluding hydrogens is 258 g/mol. The van der Waals surface area contributed by atoms with E-state index in [4.69, 9.17) is 5.11 Å². The molecule has 1 rings (SSSR count). The van der Waals surface area contributed by atoms with Crippen LogP contribution in [0.25, 0.3) is 0 Å². The summed E-state index contributed by atoms with van der Waals surface area (Å²) in [5.41, 5.74) is 0. The van der Waals surface area contributed by atoms with Crippen molar-refractivity contribution in [2.45, 2.75) is 45.1 Å². The van der Waals surface area contributed by atoms with Gasteiger partial charge in [-0.2, -0.15) is 0 Å². The molecule has 6 nitrogen and oxygen atoms in total. The summed E-state index contributed by atoms with van der Waals surface area (Å²) in [6, 6.07) is -1.16. The Morgan fingerprint density at radius 1 is 1.45 bits per heavy atom. The minimum Gasteiger partial charge on any atom is -0.480 e. The van der Waals surface area contributed by atoms with E-state index >= 15 is 0 Å². The second-order valence-corrected chi connectivity index (χ2v) is 5.66. The lowest BCUT2D eigenvalue weighted by atomic mass is 9.99. The largest absolute Gasteiger partial charge is 0.480 e. The van der Waals surface area contributed by atoms with Gasteiger partial charge in [-0.1, -0.05) is 19.8 Å². The van der Waals surface area contributed by atoms with Gasteiger partial charge in [-0.05, 0) is 38.8 Å². The summed E-state index contributed by atoms with van der Waals surface area (Å²) in [7, 11) is 2.08. The van der Waals surface area contributed by atoms with Crippen LogP contribution in [0.3, 0.4) is 0 Å². The van der Waals surface area contributed by atoms with Crippen molar-refractivity contribution in [2.75, 3.05) is 26.7 Å². The van der Waals surface area contributed by atoms with Crippen molar-refractivity contribution >= 4 is 12.0 Å². The van der Waals surface area contributed by atoms with Crippen LogP contribution in [0, 0.1) is 5.92 Å². The van der Waals surface area contributed by atoms with E-state index in [0.717, 1.165) is 38.8 Å². The first kappa shape index (κ1) is 16.8. The molecule has 3 N–H and O–H groups in total. The zero-order valence-corrected chi connectivity index (χ0v) is 12.5. The molecule has 0 saturated carbocycles. The molecule has 6 heteroatoms. The van der Waals surface area contributed by atoms with Crippen molar-refractivity contribution in [3.05, 3.63) is 0 Å². The van der Waals surface area contributed by atoms with Gasteiger partial charge in [0.05, 0.1) is 0 Å². The molecule has 0 aliphatic carbocycles. The van der Waals surface area contributed by atoms with Crippen molar-refractivity contribution in [2.24, 2.45) is 5.92 Å². The number of nitrogens with one attached hydrogen (secondary N) is 2. The van der Waals surface area contributed by atoms with Gasteiger partial charge in [-0.15, -0.1) is 0 Å². The van der Waals surface area contributed by atoms with Crippen LogP contribution in [0.4, 0.5) is 4.79 Å². The molecule has 1 aliphatic rings. The lowest BCUT2D eigenvalue weighted by Gasteiger charge is -2.29. The summed E-state index contributed by atoms with van der Waals surface area (Å²) in [6.07, 6.45) is 4.46. The first-order valence-electron chi connectivity index (χ1n) is 7.48. The van der Waals surface area contributed by atoms with Crippen LogP contribution in [0.15, 0.2) is 0 Å². The highest BCUT2D eigenvalue weighted by Gasteiger charge is 2.21. The molecule has 1 heterocycles. The SMILES string of the molecule is CCCC[C@H](NC(=O)NCC1CCCN(C)C1)C(=O)O. The third-order valence-electron chi connectivity index (χ3n) is 3.72. The van der Waals surface area contributed by atoms with E-state index in [-0.39, 0.29) is 6.03 Å². The Morgan fingerprint density at radius 3 is 2.80 bits per heavy atom. The van der Waals surface area contributed by atoms with Gasteiger partial charge >= 0.3 is 12.0 Å². The molecule has 116 valence electrons. The number of hydrogen-bond acceptors (Lipinski definition) is 3. The number of carboxylic acid groups (broad SMARTS) is 1. The standard InChI is InChI=1S/C14H27N3O3/c1-3-4-7-12(13(18)19)16-14(20)15-9-11-6-5-8-17(2)10-11/h11-12H,3-10H2,1-2H3,(H,18,19)(H2,15,16,20)/t11?,12-/m0/s1. The van der Waals surface area contributed by atoms with Crippen molar-refractivity contribution in [1.82, 2.24) is 15.5 Å². The van der Waals surface area contributed by atoms with E-state index in [1.54, 1.807) is 0 Å². The van der Waals surface area contributed by atoms with Crippen LogP contribution in [-0.2, 0) is 4.79 Å². The summed E-state index contributed by atoms with van der Waals surface area (Å²) >= 11 is 0. The van der Waals surface area contributed by atoms with Crippen LogP contribution in [0.1, 0.15) is 39.0 Å². The van der Waals surface area contributed by atoms with Crippen LogP contribution >= 0.6 is 0 Å². The Morgan fingerprint density at radius 2 is 2.20 bits per heavy atom. The van der Waals surface area contributed by atoms with Gasteiger partial charge in [-0.3, -0.25) is 0 Å². The highest BCUT2D eigenvalue weighted by molar-refractivity contribution is 5.82. The fourth-order valence-electron chi connectivity index (χ4n) is 2.55. The maximum atomic E-state index is 11.7. The van der Waals surface area contributed by atoms with E-state index in [1.807, 2.05) is 6.92 Å².